The van der Waals surface area contributed by atoms with Crippen LogP contribution in [0, 0.1) is 5.92 Å². The monoisotopic (exact) mass is 452 g/mol. The first-order valence-corrected chi connectivity index (χ1v) is 12.4. The van der Waals surface area contributed by atoms with Gasteiger partial charge in [-0.1, -0.05) is 0 Å². The molecule has 0 atom stereocenters. The van der Waals surface area contributed by atoms with Gasteiger partial charge in [-0.2, -0.15) is 4.31 Å². The molecule has 2 aromatic rings. The van der Waals surface area contributed by atoms with Gasteiger partial charge in [0.1, 0.15) is 4.90 Å². The predicted molar refractivity (Wildman–Crippen MR) is 112 cm³/mol. The Labute approximate surface area is 176 Å². The Hall–Kier alpha value is -2.34. The SMILES string of the molecule is CC(=O)Nc1ccc(S(=O)(=O)NCC2CCN(S(=O)(=O)c3cccnc3)CC2)cc1. The van der Waals surface area contributed by atoms with E-state index < -0.39 is 20.0 Å². The van der Waals surface area contributed by atoms with Crippen molar-refractivity contribution in [3.63, 3.8) is 0 Å². The van der Waals surface area contributed by atoms with Gasteiger partial charge in [0.15, 0.2) is 0 Å². The first-order chi connectivity index (χ1) is 14.2. The lowest BCUT2D eigenvalue weighted by Crippen LogP contribution is -2.41. The Bertz CT molecular complexity index is 1080. The van der Waals surface area contributed by atoms with Gasteiger partial charge in [-0.05, 0) is 55.2 Å². The van der Waals surface area contributed by atoms with Gasteiger partial charge in [0.25, 0.3) is 0 Å². The summed E-state index contributed by atoms with van der Waals surface area (Å²) < 4.78 is 54.3. The summed E-state index contributed by atoms with van der Waals surface area (Å²) in [5, 5.41) is 2.58. The first-order valence-electron chi connectivity index (χ1n) is 9.46. The molecule has 30 heavy (non-hydrogen) atoms. The Morgan fingerprint density at radius 1 is 1.07 bits per heavy atom. The summed E-state index contributed by atoms with van der Waals surface area (Å²) in [6.45, 7) is 2.26. The zero-order valence-corrected chi connectivity index (χ0v) is 18.1. The van der Waals surface area contributed by atoms with Crippen LogP contribution in [0.3, 0.4) is 0 Å². The van der Waals surface area contributed by atoms with E-state index in [4.69, 9.17) is 0 Å². The van der Waals surface area contributed by atoms with E-state index in [2.05, 4.69) is 15.0 Å². The molecule has 0 bridgehead atoms. The highest BCUT2D eigenvalue weighted by molar-refractivity contribution is 7.89. The van der Waals surface area contributed by atoms with Crippen molar-refractivity contribution in [2.45, 2.75) is 29.6 Å². The number of rotatable bonds is 7. The largest absolute Gasteiger partial charge is 0.326 e. The fourth-order valence-corrected chi connectivity index (χ4v) is 5.78. The van der Waals surface area contributed by atoms with E-state index in [0.29, 0.717) is 31.6 Å². The fraction of sp³-hybridized carbons (Fsp3) is 0.368. The lowest BCUT2D eigenvalue weighted by atomic mass is 9.99. The van der Waals surface area contributed by atoms with Crippen molar-refractivity contribution in [1.82, 2.24) is 14.0 Å². The van der Waals surface area contributed by atoms with Crippen LogP contribution in [0.5, 0.6) is 0 Å². The molecule has 11 heteroatoms. The second-order valence-electron chi connectivity index (χ2n) is 7.09. The van der Waals surface area contributed by atoms with Gasteiger partial charge in [0.05, 0.1) is 4.90 Å². The van der Waals surface area contributed by atoms with E-state index in [1.165, 1.54) is 54.0 Å². The lowest BCUT2D eigenvalue weighted by Gasteiger charge is -2.31. The summed E-state index contributed by atoms with van der Waals surface area (Å²) in [7, 11) is -7.27. The third kappa shape index (κ3) is 5.42. The summed E-state index contributed by atoms with van der Waals surface area (Å²) >= 11 is 0. The average Bonchev–Trinajstić information content (AvgIpc) is 2.73. The maximum Gasteiger partial charge on any atom is 0.244 e. The van der Waals surface area contributed by atoms with Gasteiger partial charge >= 0.3 is 0 Å². The van der Waals surface area contributed by atoms with E-state index in [1.807, 2.05) is 0 Å². The minimum Gasteiger partial charge on any atom is -0.326 e. The van der Waals surface area contributed by atoms with Crippen LogP contribution < -0.4 is 10.0 Å². The van der Waals surface area contributed by atoms with Crippen LogP contribution in [0.2, 0.25) is 0 Å². The number of hydrogen-bond donors (Lipinski definition) is 2. The second-order valence-corrected chi connectivity index (χ2v) is 10.8. The Morgan fingerprint density at radius 3 is 2.30 bits per heavy atom. The quantitative estimate of drug-likeness (QED) is 0.654. The smallest absolute Gasteiger partial charge is 0.244 e. The molecular weight excluding hydrogens is 428 g/mol. The van der Waals surface area contributed by atoms with Crippen molar-refractivity contribution in [3.05, 3.63) is 48.8 Å². The Balaban J connectivity index is 1.54. The molecule has 2 N–H and O–H groups in total. The second kappa shape index (κ2) is 9.21. The van der Waals surface area contributed by atoms with Crippen LogP contribution in [0.1, 0.15) is 19.8 Å². The van der Waals surface area contributed by atoms with E-state index in [-0.39, 0.29) is 28.2 Å². The summed E-state index contributed by atoms with van der Waals surface area (Å²) in [5.41, 5.74) is 0.517. The molecule has 3 rings (SSSR count). The van der Waals surface area contributed by atoms with Crippen molar-refractivity contribution in [2.75, 3.05) is 25.0 Å². The van der Waals surface area contributed by atoms with E-state index in [0.717, 1.165) is 0 Å². The normalized spacial score (nSPS) is 16.3. The number of sulfonamides is 2. The molecule has 0 unspecified atom stereocenters. The number of pyridine rings is 1. The molecule has 1 aromatic heterocycles. The first kappa shape index (κ1) is 22.3. The molecule has 0 spiro atoms. The number of hydrogen-bond acceptors (Lipinski definition) is 6. The highest BCUT2D eigenvalue weighted by Gasteiger charge is 2.30. The molecule has 0 aliphatic carbocycles. The fourth-order valence-electron chi connectivity index (χ4n) is 3.23. The molecular formula is C19H24N4O5S2. The van der Waals surface area contributed by atoms with Crippen LogP contribution in [-0.4, -0.2) is 51.7 Å². The zero-order valence-electron chi connectivity index (χ0n) is 16.5. The summed E-state index contributed by atoms with van der Waals surface area (Å²) in [5.74, 6) is -0.195. The highest BCUT2D eigenvalue weighted by Crippen LogP contribution is 2.23. The number of carbonyl (C=O) groups excluding carboxylic acids is 1. The highest BCUT2D eigenvalue weighted by atomic mass is 32.2. The summed E-state index contributed by atoms with van der Waals surface area (Å²) in [6, 6.07) is 9.00. The van der Waals surface area contributed by atoms with Gasteiger partial charge in [-0.15, -0.1) is 0 Å². The Kier molecular flexibility index (Phi) is 6.86. The van der Waals surface area contributed by atoms with E-state index in [1.54, 1.807) is 6.07 Å². The van der Waals surface area contributed by atoms with Crippen molar-refractivity contribution >= 4 is 31.6 Å². The summed E-state index contributed by atoms with van der Waals surface area (Å²) in [4.78, 5) is 15.2. The number of benzene rings is 1. The minimum atomic E-state index is -3.69. The molecule has 1 aliphatic heterocycles. The number of nitrogens with one attached hydrogen (secondary N) is 2. The molecule has 1 amide bonds. The predicted octanol–water partition coefficient (Wildman–Crippen LogP) is 1.42. The van der Waals surface area contributed by atoms with Crippen LogP contribution in [0.4, 0.5) is 5.69 Å². The van der Waals surface area contributed by atoms with Crippen LogP contribution >= 0.6 is 0 Å². The van der Waals surface area contributed by atoms with E-state index >= 15 is 0 Å². The minimum absolute atomic E-state index is 0.0405. The van der Waals surface area contributed by atoms with Crippen LogP contribution in [0.15, 0.2) is 58.6 Å². The topological polar surface area (TPSA) is 126 Å². The van der Waals surface area contributed by atoms with Gasteiger partial charge < -0.3 is 5.32 Å². The molecule has 162 valence electrons. The molecule has 2 heterocycles. The van der Waals surface area contributed by atoms with Gasteiger partial charge in [0.2, 0.25) is 26.0 Å². The molecule has 1 aliphatic rings. The van der Waals surface area contributed by atoms with E-state index in [9.17, 15) is 21.6 Å². The molecule has 0 radical (unpaired) electrons. The van der Waals surface area contributed by atoms with Gasteiger partial charge in [0, 0.05) is 44.6 Å². The maximum absolute atomic E-state index is 12.6. The Morgan fingerprint density at radius 2 is 1.73 bits per heavy atom. The standard InChI is InChI=1S/C19H24N4O5S2/c1-15(24)22-17-4-6-18(7-5-17)29(25,26)21-13-16-8-11-23(12-9-16)30(27,28)19-3-2-10-20-14-19/h2-7,10,14,16,21H,8-9,11-13H2,1H3,(H,22,24). The van der Waals surface area contributed by atoms with Crippen molar-refractivity contribution in [1.29, 1.82) is 0 Å². The van der Waals surface area contributed by atoms with Crippen LogP contribution in [-0.2, 0) is 24.8 Å². The average molecular weight is 453 g/mol. The maximum atomic E-state index is 12.6. The van der Waals surface area contributed by atoms with Crippen LogP contribution in [0.25, 0.3) is 0 Å². The summed E-state index contributed by atoms with van der Waals surface area (Å²) in [6.07, 6.45) is 3.96. The third-order valence-electron chi connectivity index (χ3n) is 4.89. The molecule has 1 aromatic carbocycles. The number of carbonyl (C=O) groups is 1. The molecule has 1 fully saturated rings. The number of piperidine rings is 1. The third-order valence-corrected chi connectivity index (χ3v) is 8.21. The van der Waals surface area contributed by atoms with Crippen molar-refractivity contribution < 1.29 is 21.6 Å². The number of aromatic nitrogens is 1. The van der Waals surface area contributed by atoms with Gasteiger partial charge in [-0.3, -0.25) is 9.78 Å². The van der Waals surface area contributed by atoms with Gasteiger partial charge in [-0.25, -0.2) is 21.6 Å². The number of anilines is 1. The van der Waals surface area contributed by atoms with Crippen molar-refractivity contribution in [3.8, 4) is 0 Å². The molecule has 9 nitrogen and oxygen atoms in total. The number of amides is 1. The van der Waals surface area contributed by atoms with Crippen molar-refractivity contribution in [2.24, 2.45) is 5.92 Å². The molecule has 1 saturated heterocycles. The molecule has 0 saturated carbocycles. The lowest BCUT2D eigenvalue weighted by molar-refractivity contribution is -0.114. The zero-order chi connectivity index (χ0) is 21.8. The number of nitrogens with zero attached hydrogens (tertiary/aromatic N) is 2.